The second-order valence-corrected chi connectivity index (χ2v) is 7.22. The second-order valence-electron chi connectivity index (χ2n) is 6.27. The molecule has 0 aliphatic heterocycles. The molecule has 0 saturated heterocycles. The molecule has 1 aliphatic rings. The van der Waals surface area contributed by atoms with E-state index in [2.05, 4.69) is 35.8 Å². The van der Waals surface area contributed by atoms with Gasteiger partial charge in [-0.15, -0.1) is 16.8 Å². The van der Waals surface area contributed by atoms with E-state index in [0.717, 1.165) is 35.9 Å². The zero-order valence-corrected chi connectivity index (χ0v) is 15.6. The summed E-state index contributed by atoms with van der Waals surface area (Å²) in [5.41, 5.74) is 2.21. The number of thioether (sulfide) groups is 1. The molecule has 132 valence electrons. The van der Waals surface area contributed by atoms with Crippen LogP contribution in [-0.2, 0) is 11.3 Å². The highest BCUT2D eigenvalue weighted by Crippen LogP contribution is 2.29. The molecule has 0 spiro atoms. The van der Waals surface area contributed by atoms with Crippen molar-refractivity contribution < 1.29 is 4.79 Å². The molecule has 0 bridgehead atoms. The first kappa shape index (κ1) is 17.7. The predicted molar refractivity (Wildman–Crippen MR) is 102 cm³/mol. The van der Waals surface area contributed by atoms with Crippen LogP contribution < -0.4 is 0 Å². The predicted octanol–water partition coefficient (Wildman–Crippen LogP) is 3.54. The first-order valence-electron chi connectivity index (χ1n) is 8.67. The van der Waals surface area contributed by atoms with Crippen molar-refractivity contribution in [2.75, 3.05) is 12.3 Å². The van der Waals surface area contributed by atoms with Crippen molar-refractivity contribution in [3.8, 4) is 11.4 Å². The molecule has 1 saturated carbocycles. The first-order valence-corrected chi connectivity index (χ1v) is 9.66. The Bertz CT molecular complexity index is 767. The fourth-order valence-corrected chi connectivity index (χ4v) is 3.75. The third-order valence-corrected chi connectivity index (χ3v) is 5.23. The van der Waals surface area contributed by atoms with E-state index in [9.17, 15) is 4.79 Å². The summed E-state index contributed by atoms with van der Waals surface area (Å²) in [7, 11) is 0. The number of carbonyl (C=O) groups is 1. The Morgan fingerprint density at radius 2 is 2.24 bits per heavy atom. The number of rotatable bonds is 8. The fourth-order valence-electron chi connectivity index (χ4n) is 2.92. The van der Waals surface area contributed by atoms with Crippen molar-refractivity contribution in [2.45, 2.75) is 44.4 Å². The van der Waals surface area contributed by atoms with Gasteiger partial charge in [0.25, 0.3) is 0 Å². The molecule has 1 fully saturated rings. The number of aromatic nitrogens is 3. The molecular weight excluding hydrogens is 332 g/mol. The summed E-state index contributed by atoms with van der Waals surface area (Å²) in [6.45, 7) is 9.33. The van der Waals surface area contributed by atoms with E-state index in [-0.39, 0.29) is 5.91 Å². The molecule has 25 heavy (non-hydrogen) atoms. The molecule has 0 radical (unpaired) electrons. The Labute approximate surface area is 153 Å². The number of allylic oxidation sites excluding steroid dienone is 1. The van der Waals surface area contributed by atoms with E-state index >= 15 is 0 Å². The van der Waals surface area contributed by atoms with Crippen molar-refractivity contribution in [3.05, 3.63) is 42.5 Å². The quantitative estimate of drug-likeness (QED) is 0.536. The van der Waals surface area contributed by atoms with E-state index in [0.29, 0.717) is 18.3 Å². The molecule has 0 atom stereocenters. The standard InChI is InChI=1S/C19H24N4OS/c1-4-11-23-18(15-8-6-7-14(3)12-15)20-21-19(23)25-13-17(24)22(5-2)16-9-10-16/h4,6-8,12,16H,1,5,9-11,13H2,2-3H3. The van der Waals surface area contributed by atoms with E-state index in [4.69, 9.17) is 0 Å². The van der Waals surface area contributed by atoms with Crippen LogP contribution in [0, 0.1) is 6.92 Å². The molecule has 1 aliphatic carbocycles. The number of hydrogen-bond donors (Lipinski definition) is 0. The number of carbonyl (C=O) groups excluding carboxylic acids is 1. The van der Waals surface area contributed by atoms with Crippen LogP contribution in [-0.4, -0.2) is 43.9 Å². The fraction of sp³-hybridized carbons (Fsp3) is 0.421. The number of hydrogen-bond acceptors (Lipinski definition) is 4. The molecule has 0 unspecified atom stereocenters. The summed E-state index contributed by atoms with van der Waals surface area (Å²) >= 11 is 1.45. The summed E-state index contributed by atoms with van der Waals surface area (Å²) in [5.74, 6) is 1.39. The van der Waals surface area contributed by atoms with Gasteiger partial charge >= 0.3 is 0 Å². The van der Waals surface area contributed by atoms with Gasteiger partial charge in [0.05, 0.1) is 5.75 Å². The lowest BCUT2D eigenvalue weighted by molar-refractivity contribution is -0.128. The van der Waals surface area contributed by atoms with Gasteiger partial charge in [-0.2, -0.15) is 0 Å². The molecule has 2 aromatic rings. The molecule has 1 amide bonds. The Hall–Kier alpha value is -2.08. The van der Waals surface area contributed by atoms with Gasteiger partial charge in [0.2, 0.25) is 5.91 Å². The van der Waals surface area contributed by atoms with E-state index in [1.165, 1.54) is 17.3 Å². The molecule has 1 aromatic heterocycles. The molecule has 6 heteroatoms. The summed E-state index contributed by atoms with van der Waals surface area (Å²) in [4.78, 5) is 14.4. The van der Waals surface area contributed by atoms with Gasteiger partial charge in [-0.25, -0.2) is 0 Å². The molecule has 1 heterocycles. The maximum atomic E-state index is 12.4. The third-order valence-electron chi connectivity index (χ3n) is 4.28. The van der Waals surface area contributed by atoms with Gasteiger partial charge in [0.15, 0.2) is 11.0 Å². The number of aryl methyl sites for hydroxylation is 1. The number of benzene rings is 1. The average Bonchev–Trinajstić information content (AvgIpc) is 3.35. The van der Waals surface area contributed by atoms with Gasteiger partial charge < -0.3 is 4.90 Å². The number of nitrogens with zero attached hydrogens (tertiary/aromatic N) is 4. The second kappa shape index (κ2) is 7.87. The van der Waals surface area contributed by atoms with Crippen molar-refractivity contribution >= 4 is 17.7 Å². The highest BCUT2D eigenvalue weighted by molar-refractivity contribution is 7.99. The van der Waals surface area contributed by atoms with Gasteiger partial charge in [-0.05, 0) is 32.8 Å². The maximum absolute atomic E-state index is 12.4. The van der Waals surface area contributed by atoms with Crippen LogP contribution in [0.1, 0.15) is 25.3 Å². The van der Waals surface area contributed by atoms with E-state index in [1.807, 2.05) is 34.6 Å². The Morgan fingerprint density at radius 1 is 1.44 bits per heavy atom. The summed E-state index contributed by atoms with van der Waals surface area (Å²) in [5, 5.41) is 9.43. The SMILES string of the molecule is C=CCn1c(SCC(=O)N(CC)C2CC2)nnc1-c1cccc(C)c1. The average molecular weight is 356 g/mol. The number of amides is 1. The zero-order chi connectivity index (χ0) is 17.8. The molecule has 5 nitrogen and oxygen atoms in total. The molecule has 3 rings (SSSR count). The zero-order valence-electron chi connectivity index (χ0n) is 14.8. The van der Waals surface area contributed by atoms with Gasteiger partial charge in [-0.3, -0.25) is 9.36 Å². The van der Waals surface area contributed by atoms with Gasteiger partial charge in [-0.1, -0.05) is 41.6 Å². The molecule has 0 N–H and O–H groups in total. The van der Waals surface area contributed by atoms with Crippen LogP contribution in [0.5, 0.6) is 0 Å². The highest BCUT2D eigenvalue weighted by atomic mass is 32.2. The van der Waals surface area contributed by atoms with Crippen molar-refractivity contribution in [3.63, 3.8) is 0 Å². The lowest BCUT2D eigenvalue weighted by atomic mass is 10.1. The van der Waals surface area contributed by atoms with Crippen LogP contribution in [0.3, 0.4) is 0 Å². The Balaban J connectivity index is 1.77. The topological polar surface area (TPSA) is 51.0 Å². The third kappa shape index (κ3) is 4.12. The summed E-state index contributed by atoms with van der Waals surface area (Å²) in [6, 6.07) is 8.65. The Morgan fingerprint density at radius 3 is 2.88 bits per heavy atom. The maximum Gasteiger partial charge on any atom is 0.233 e. The van der Waals surface area contributed by atoms with Crippen LogP contribution in [0.25, 0.3) is 11.4 Å². The monoisotopic (exact) mass is 356 g/mol. The minimum absolute atomic E-state index is 0.181. The van der Waals surface area contributed by atoms with Gasteiger partial charge in [0, 0.05) is 24.7 Å². The Kier molecular flexibility index (Phi) is 5.58. The normalized spacial score (nSPS) is 13.7. The van der Waals surface area contributed by atoms with Crippen molar-refractivity contribution in [1.29, 1.82) is 0 Å². The van der Waals surface area contributed by atoms with Crippen LogP contribution in [0.4, 0.5) is 0 Å². The van der Waals surface area contributed by atoms with Gasteiger partial charge in [0.1, 0.15) is 0 Å². The smallest absolute Gasteiger partial charge is 0.233 e. The van der Waals surface area contributed by atoms with Crippen LogP contribution in [0.2, 0.25) is 0 Å². The van der Waals surface area contributed by atoms with Crippen molar-refractivity contribution in [1.82, 2.24) is 19.7 Å². The largest absolute Gasteiger partial charge is 0.339 e. The molecular formula is C19H24N4OS. The van der Waals surface area contributed by atoms with Crippen LogP contribution >= 0.6 is 11.8 Å². The lowest BCUT2D eigenvalue weighted by Gasteiger charge is -2.19. The van der Waals surface area contributed by atoms with E-state index < -0.39 is 0 Å². The molecule has 1 aromatic carbocycles. The summed E-state index contributed by atoms with van der Waals surface area (Å²) in [6.07, 6.45) is 4.10. The van der Waals surface area contributed by atoms with E-state index in [1.54, 1.807) is 0 Å². The summed E-state index contributed by atoms with van der Waals surface area (Å²) < 4.78 is 2.02. The minimum atomic E-state index is 0.181. The van der Waals surface area contributed by atoms with Crippen molar-refractivity contribution in [2.24, 2.45) is 0 Å². The lowest BCUT2D eigenvalue weighted by Crippen LogP contribution is -2.34. The van der Waals surface area contributed by atoms with Crippen LogP contribution in [0.15, 0.2) is 42.1 Å². The first-order chi connectivity index (χ1) is 12.1. The minimum Gasteiger partial charge on any atom is -0.339 e. The highest BCUT2D eigenvalue weighted by Gasteiger charge is 2.31.